The summed E-state index contributed by atoms with van der Waals surface area (Å²) < 4.78 is 0. The van der Waals surface area contributed by atoms with Crippen molar-refractivity contribution in [3.8, 4) is 5.75 Å². The van der Waals surface area contributed by atoms with Gasteiger partial charge in [-0.15, -0.1) is 0 Å². The summed E-state index contributed by atoms with van der Waals surface area (Å²) in [4.78, 5) is 54.3. The third-order valence-electron chi connectivity index (χ3n) is 10.2. The summed E-state index contributed by atoms with van der Waals surface area (Å²) in [5.74, 6) is -8.01. The summed E-state index contributed by atoms with van der Waals surface area (Å²) in [6.07, 6.45) is 3.02. The number of aromatic hydroxyl groups is 1. The molecule has 0 bridgehead atoms. The lowest BCUT2D eigenvalue weighted by Crippen LogP contribution is -2.62. The Hall–Kier alpha value is -3.86. The molecule has 0 radical (unpaired) electrons. The van der Waals surface area contributed by atoms with Crippen molar-refractivity contribution >= 4 is 34.8 Å². The monoisotopic (exact) mass is 595 g/mol. The normalized spacial score (nSPS) is 30.3. The summed E-state index contributed by atoms with van der Waals surface area (Å²) in [5.41, 5.74) is 3.34. The largest absolute Gasteiger partial charge is 0.508 e. The summed E-state index contributed by atoms with van der Waals surface area (Å²) in [6.45, 7) is 5.49. The third-order valence-corrected chi connectivity index (χ3v) is 10.2. The van der Waals surface area contributed by atoms with Crippen LogP contribution in [0, 0.1) is 35.5 Å². The molecule has 11 nitrogen and oxygen atoms in total. The molecule has 5 rings (SSSR count). The molecule has 2 saturated carbocycles. The first-order valence-electron chi connectivity index (χ1n) is 14.9. The average Bonchev–Trinajstić information content (AvgIpc) is 3.35. The van der Waals surface area contributed by atoms with E-state index in [9.17, 15) is 39.6 Å². The number of Topliss-reactive ketones (excluding diaryl/α,β-unsaturated/α-hetero) is 2. The molecule has 232 valence electrons. The highest BCUT2D eigenvalue weighted by Crippen LogP contribution is 2.55. The van der Waals surface area contributed by atoms with E-state index in [1.807, 2.05) is 11.8 Å². The molecular formula is C32H41N3O8. The Balaban J connectivity index is 1.62. The number of aliphatic hydroxyl groups is 3. The number of phenols is 1. The predicted octanol–water partition coefficient (Wildman–Crippen LogP) is 2.42. The van der Waals surface area contributed by atoms with E-state index in [2.05, 4.69) is 5.32 Å². The number of hydrogen-bond acceptors (Lipinski definition) is 9. The van der Waals surface area contributed by atoms with Gasteiger partial charge in [-0.25, -0.2) is 0 Å². The number of nitrogens with two attached hydrogens (primary N) is 1. The number of phenolic OH excluding ortho intramolecular Hbond substituents is 1. The highest BCUT2D eigenvalue weighted by molar-refractivity contribution is 6.23. The molecule has 0 heterocycles. The van der Waals surface area contributed by atoms with Crippen molar-refractivity contribution < 1.29 is 39.6 Å². The fourth-order valence-electron chi connectivity index (χ4n) is 7.97. The molecule has 4 aliphatic carbocycles. The fourth-order valence-corrected chi connectivity index (χ4v) is 7.97. The first-order valence-corrected chi connectivity index (χ1v) is 14.9. The van der Waals surface area contributed by atoms with Gasteiger partial charge in [-0.05, 0) is 55.1 Å². The molecule has 7 N–H and O–H groups in total. The Morgan fingerprint density at radius 2 is 1.84 bits per heavy atom. The minimum atomic E-state index is -2.66. The molecule has 0 saturated heterocycles. The van der Waals surface area contributed by atoms with Crippen LogP contribution in [-0.2, 0) is 32.1 Å². The topological polar surface area (TPSA) is 190 Å². The molecule has 11 heteroatoms. The van der Waals surface area contributed by atoms with Gasteiger partial charge >= 0.3 is 0 Å². The zero-order valence-electron chi connectivity index (χ0n) is 25.2. The second-order valence-electron chi connectivity index (χ2n) is 13.2. The van der Waals surface area contributed by atoms with Crippen LogP contribution in [0.2, 0.25) is 0 Å². The number of aliphatic hydroxyl groups excluding tert-OH is 2. The first kappa shape index (κ1) is 30.6. The second-order valence-corrected chi connectivity index (χ2v) is 13.2. The Morgan fingerprint density at radius 3 is 2.40 bits per heavy atom. The van der Waals surface area contributed by atoms with E-state index >= 15 is 0 Å². The van der Waals surface area contributed by atoms with Gasteiger partial charge in [-0.3, -0.25) is 19.2 Å². The average molecular weight is 596 g/mol. The lowest BCUT2D eigenvalue weighted by atomic mass is 9.54. The minimum absolute atomic E-state index is 0.00230. The summed E-state index contributed by atoms with van der Waals surface area (Å²) >= 11 is 0. The first-order chi connectivity index (χ1) is 20.1. The van der Waals surface area contributed by atoms with Crippen LogP contribution < -0.4 is 16.0 Å². The standard InChI is InChI=1S/C32H41N3O8/c1-13(2)21-19-10-15-9-18-20(35(4)5)11-16(12-34-31(42)17-8-6-7-14(17)3)25(36)23(18)27(38)22(15)28(39)32(19,43)29(40)24(26(21)37)30(33)41/h11,13-15,17,19,21,36,38,40,43H,6-10,12H2,1-5H3,(H2,33,41)(H,34,42)/t14?,15-,17-,19-,21-,32-/m0/s1. The van der Waals surface area contributed by atoms with E-state index in [1.54, 1.807) is 34.0 Å². The Labute approximate surface area is 250 Å². The number of rotatable bonds is 6. The number of nitrogens with zero attached hydrogens (tertiary/aromatic N) is 1. The van der Waals surface area contributed by atoms with Crippen LogP contribution in [0.5, 0.6) is 5.75 Å². The van der Waals surface area contributed by atoms with Gasteiger partial charge in [-0.1, -0.05) is 27.2 Å². The van der Waals surface area contributed by atoms with Gasteiger partial charge in [0.15, 0.2) is 11.4 Å². The number of benzene rings is 1. The van der Waals surface area contributed by atoms with E-state index < -0.39 is 63.8 Å². The predicted molar refractivity (Wildman–Crippen MR) is 158 cm³/mol. The molecule has 1 unspecified atom stereocenters. The molecule has 1 aromatic carbocycles. The number of ketones is 2. The van der Waals surface area contributed by atoms with Crippen molar-refractivity contribution in [3.05, 3.63) is 39.7 Å². The molecule has 0 spiro atoms. The van der Waals surface area contributed by atoms with Crippen LogP contribution in [-0.4, -0.2) is 63.5 Å². The molecule has 4 aliphatic rings. The Morgan fingerprint density at radius 1 is 1.16 bits per heavy atom. The van der Waals surface area contributed by atoms with Crippen LogP contribution in [0.25, 0.3) is 5.76 Å². The van der Waals surface area contributed by atoms with Crippen molar-refractivity contribution in [2.24, 2.45) is 41.2 Å². The van der Waals surface area contributed by atoms with Crippen molar-refractivity contribution in [3.63, 3.8) is 0 Å². The number of nitrogens with one attached hydrogen (secondary N) is 1. The molecule has 0 aromatic heterocycles. The minimum Gasteiger partial charge on any atom is -0.508 e. The van der Waals surface area contributed by atoms with Crippen LogP contribution in [0.3, 0.4) is 0 Å². The smallest absolute Gasteiger partial charge is 0.255 e. The van der Waals surface area contributed by atoms with Gasteiger partial charge < -0.3 is 36.4 Å². The number of anilines is 1. The number of hydrogen-bond donors (Lipinski definition) is 6. The molecule has 43 heavy (non-hydrogen) atoms. The number of carbonyl (C=O) groups is 4. The van der Waals surface area contributed by atoms with Gasteiger partial charge in [0, 0.05) is 55.2 Å². The Kier molecular flexibility index (Phi) is 7.61. The lowest BCUT2D eigenvalue weighted by molar-refractivity contribution is -0.155. The zero-order chi connectivity index (χ0) is 31.7. The molecule has 1 aromatic rings. The molecule has 2 fully saturated rings. The van der Waals surface area contributed by atoms with Crippen LogP contribution in [0.15, 0.2) is 23.0 Å². The van der Waals surface area contributed by atoms with Gasteiger partial charge in [0.25, 0.3) is 5.91 Å². The number of primary amides is 1. The molecule has 2 amide bonds. The van der Waals surface area contributed by atoms with E-state index in [0.29, 0.717) is 16.8 Å². The highest BCUT2D eigenvalue weighted by atomic mass is 16.3. The number of fused-ring (bicyclic) bond motifs is 3. The van der Waals surface area contributed by atoms with Crippen molar-refractivity contribution in [1.29, 1.82) is 0 Å². The van der Waals surface area contributed by atoms with Crippen molar-refractivity contribution in [2.75, 3.05) is 19.0 Å². The fraction of sp³-hybridized carbons (Fsp3) is 0.562. The third kappa shape index (κ3) is 4.51. The Bertz CT molecular complexity index is 1490. The molecular weight excluding hydrogens is 554 g/mol. The van der Waals surface area contributed by atoms with E-state index in [0.717, 1.165) is 19.3 Å². The van der Waals surface area contributed by atoms with Gasteiger partial charge in [0.1, 0.15) is 22.8 Å². The zero-order valence-corrected chi connectivity index (χ0v) is 25.2. The molecule has 0 aliphatic heterocycles. The van der Waals surface area contributed by atoms with Gasteiger partial charge in [-0.2, -0.15) is 0 Å². The lowest BCUT2D eigenvalue weighted by Gasteiger charge is -2.50. The summed E-state index contributed by atoms with van der Waals surface area (Å²) in [7, 11) is 3.61. The van der Waals surface area contributed by atoms with Crippen LogP contribution >= 0.6 is 0 Å². The quantitative estimate of drug-likeness (QED) is 0.268. The van der Waals surface area contributed by atoms with E-state index in [1.165, 1.54) is 0 Å². The van der Waals surface area contributed by atoms with E-state index in [-0.39, 0.29) is 54.0 Å². The van der Waals surface area contributed by atoms with Crippen LogP contribution in [0.4, 0.5) is 5.69 Å². The number of amides is 2. The number of carbonyl (C=O) groups excluding carboxylic acids is 4. The highest BCUT2D eigenvalue weighted by Gasteiger charge is 2.64. The van der Waals surface area contributed by atoms with Gasteiger partial charge in [0.05, 0.1) is 5.56 Å². The summed E-state index contributed by atoms with van der Waals surface area (Å²) in [5, 5.41) is 48.9. The summed E-state index contributed by atoms with van der Waals surface area (Å²) in [6, 6.07) is 1.75. The van der Waals surface area contributed by atoms with Crippen molar-refractivity contribution in [1.82, 2.24) is 5.32 Å². The van der Waals surface area contributed by atoms with E-state index in [4.69, 9.17) is 5.73 Å². The second kappa shape index (κ2) is 10.7. The van der Waals surface area contributed by atoms with Gasteiger partial charge in [0.2, 0.25) is 11.7 Å². The molecule has 6 atom stereocenters. The maximum atomic E-state index is 14.1. The maximum Gasteiger partial charge on any atom is 0.255 e. The SMILES string of the molecule is CC1CCC[C@@H]1C(=O)NCc1cc(N(C)C)c2c(c1O)C(O)=C1C(=O)[C@]3(O)C(O)=C(C(N)=O)C(=O)[C@@H](C(C)C)[C@@H]3C[C@@H]1C2. The maximum absolute atomic E-state index is 14.1. The van der Waals surface area contributed by atoms with Crippen molar-refractivity contribution in [2.45, 2.75) is 65.0 Å². The van der Waals surface area contributed by atoms with Crippen LogP contribution in [0.1, 0.15) is 63.1 Å².